The van der Waals surface area contributed by atoms with Gasteiger partial charge in [0.1, 0.15) is 0 Å². The predicted octanol–water partition coefficient (Wildman–Crippen LogP) is 2.76. The number of rotatable bonds is 7. The zero-order chi connectivity index (χ0) is 13.7. The van der Waals surface area contributed by atoms with Crippen LogP contribution in [0.2, 0.25) is 0 Å². The van der Waals surface area contributed by atoms with Crippen LogP contribution in [0.15, 0.2) is 18.2 Å². The van der Waals surface area contributed by atoms with E-state index in [1.165, 1.54) is 16.8 Å². The Balaban J connectivity index is 1.99. The molecule has 3 nitrogen and oxygen atoms in total. The quantitative estimate of drug-likeness (QED) is 0.818. The van der Waals surface area contributed by atoms with Crippen LogP contribution in [0.3, 0.4) is 0 Å². The van der Waals surface area contributed by atoms with Gasteiger partial charge in [-0.15, -0.1) is 0 Å². The third-order valence-corrected chi connectivity index (χ3v) is 3.53. The van der Waals surface area contributed by atoms with Crippen molar-refractivity contribution in [1.82, 2.24) is 4.90 Å². The molecule has 0 unspecified atom stereocenters. The average molecular weight is 262 g/mol. The number of hydrogen-bond donors (Lipinski definition) is 1. The maximum Gasteiger partial charge on any atom is 0.0589 e. The first-order chi connectivity index (χ1) is 9.19. The minimum Gasteiger partial charge on any atom is -0.384 e. The summed E-state index contributed by atoms with van der Waals surface area (Å²) in [4.78, 5) is 2.48. The predicted molar refractivity (Wildman–Crippen MR) is 80.6 cm³/mol. The van der Waals surface area contributed by atoms with Crippen molar-refractivity contribution in [3.63, 3.8) is 0 Å². The van der Waals surface area contributed by atoms with Crippen LogP contribution in [0.5, 0.6) is 0 Å². The van der Waals surface area contributed by atoms with Crippen molar-refractivity contribution >= 4 is 5.69 Å². The molecular formula is C16H26N2O. The summed E-state index contributed by atoms with van der Waals surface area (Å²) < 4.78 is 5.21. The molecule has 0 radical (unpaired) electrons. The van der Waals surface area contributed by atoms with Crippen molar-refractivity contribution in [2.45, 2.75) is 26.8 Å². The van der Waals surface area contributed by atoms with Crippen LogP contribution in [-0.2, 0) is 17.7 Å². The van der Waals surface area contributed by atoms with E-state index in [0.29, 0.717) is 5.92 Å². The van der Waals surface area contributed by atoms with Crippen LogP contribution in [0.1, 0.15) is 25.0 Å². The minimum absolute atomic E-state index is 0.685. The molecule has 0 atom stereocenters. The molecule has 1 aromatic carbocycles. The summed E-state index contributed by atoms with van der Waals surface area (Å²) >= 11 is 0. The molecule has 0 fully saturated rings. The zero-order valence-corrected chi connectivity index (χ0v) is 12.4. The summed E-state index contributed by atoms with van der Waals surface area (Å²) in [5.41, 5.74) is 4.18. The molecule has 3 heteroatoms. The van der Waals surface area contributed by atoms with Crippen molar-refractivity contribution in [3.8, 4) is 0 Å². The second-order valence-electron chi connectivity index (χ2n) is 5.79. The molecule has 1 aliphatic rings. The topological polar surface area (TPSA) is 24.5 Å². The van der Waals surface area contributed by atoms with E-state index in [0.717, 1.165) is 39.2 Å². The van der Waals surface area contributed by atoms with Crippen LogP contribution in [-0.4, -0.2) is 38.3 Å². The van der Waals surface area contributed by atoms with E-state index in [4.69, 9.17) is 4.74 Å². The number of benzene rings is 1. The average Bonchev–Trinajstić information content (AvgIpc) is 2.82. The van der Waals surface area contributed by atoms with Crippen molar-refractivity contribution in [3.05, 3.63) is 29.3 Å². The second-order valence-corrected chi connectivity index (χ2v) is 5.79. The van der Waals surface area contributed by atoms with Crippen LogP contribution in [0.25, 0.3) is 0 Å². The molecule has 0 aromatic heterocycles. The Morgan fingerprint density at radius 3 is 2.95 bits per heavy atom. The van der Waals surface area contributed by atoms with E-state index in [9.17, 15) is 0 Å². The Morgan fingerprint density at radius 1 is 1.37 bits per heavy atom. The molecule has 1 N–H and O–H groups in total. The highest BCUT2D eigenvalue weighted by atomic mass is 16.5. The van der Waals surface area contributed by atoms with Crippen LogP contribution >= 0.6 is 0 Å². The van der Waals surface area contributed by atoms with E-state index in [1.54, 1.807) is 7.11 Å². The number of anilines is 1. The van der Waals surface area contributed by atoms with Gasteiger partial charge in [-0.1, -0.05) is 26.0 Å². The van der Waals surface area contributed by atoms with Gasteiger partial charge in [0.15, 0.2) is 0 Å². The Kier molecular flexibility index (Phi) is 5.23. The van der Waals surface area contributed by atoms with E-state index in [2.05, 4.69) is 42.3 Å². The molecular weight excluding hydrogens is 236 g/mol. The van der Waals surface area contributed by atoms with Gasteiger partial charge in [0.05, 0.1) is 6.61 Å². The number of fused-ring (bicyclic) bond motifs is 1. The summed E-state index contributed by atoms with van der Waals surface area (Å²) in [6.07, 6.45) is 1.16. The van der Waals surface area contributed by atoms with Crippen LogP contribution in [0.4, 0.5) is 5.69 Å². The number of nitrogens with zero attached hydrogens (tertiary/aromatic N) is 1. The molecule has 19 heavy (non-hydrogen) atoms. The molecule has 106 valence electrons. The number of nitrogens with one attached hydrogen (secondary N) is 1. The third kappa shape index (κ3) is 4.22. The lowest BCUT2D eigenvalue weighted by atomic mass is 10.1. The standard InChI is InChI=1S/C16H26N2O/c1-13(2)11-18(8-9-19-3)12-14-4-5-15-6-7-17-16(15)10-14/h4-5,10,13,17H,6-9,11-12H2,1-3H3. The van der Waals surface area contributed by atoms with E-state index < -0.39 is 0 Å². The number of hydrogen-bond acceptors (Lipinski definition) is 3. The Morgan fingerprint density at radius 2 is 2.21 bits per heavy atom. The lowest BCUT2D eigenvalue weighted by molar-refractivity contribution is 0.136. The first-order valence-electron chi connectivity index (χ1n) is 7.26. The Hall–Kier alpha value is -1.06. The third-order valence-electron chi connectivity index (χ3n) is 3.53. The van der Waals surface area contributed by atoms with Crippen molar-refractivity contribution in [2.24, 2.45) is 5.92 Å². The Bertz CT molecular complexity index is 404. The van der Waals surface area contributed by atoms with E-state index >= 15 is 0 Å². The second kappa shape index (κ2) is 6.92. The minimum atomic E-state index is 0.685. The first kappa shape index (κ1) is 14.4. The molecule has 0 bridgehead atoms. The van der Waals surface area contributed by atoms with Gasteiger partial charge in [-0.25, -0.2) is 0 Å². The molecule has 1 heterocycles. The summed E-state index contributed by atoms with van der Waals surface area (Å²) in [5.74, 6) is 0.685. The van der Waals surface area contributed by atoms with Gasteiger partial charge in [-0.3, -0.25) is 4.90 Å². The summed E-state index contributed by atoms with van der Waals surface area (Å²) in [5, 5.41) is 3.45. The molecule has 0 aliphatic carbocycles. The maximum atomic E-state index is 5.21. The van der Waals surface area contributed by atoms with Gasteiger partial charge in [-0.2, -0.15) is 0 Å². The fraction of sp³-hybridized carbons (Fsp3) is 0.625. The molecule has 2 rings (SSSR count). The molecule has 0 saturated heterocycles. The molecule has 0 spiro atoms. The van der Waals surface area contributed by atoms with Gasteiger partial charge in [0.2, 0.25) is 0 Å². The van der Waals surface area contributed by atoms with E-state index in [-0.39, 0.29) is 0 Å². The monoisotopic (exact) mass is 262 g/mol. The van der Waals surface area contributed by atoms with Crippen molar-refractivity contribution < 1.29 is 4.74 Å². The highest BCUT2D eigenvalue weighted by molar-refractivity contribution is 5.56. The largest absolute Gasteiger partial charge is 0.384 e. The number of methoxy groups -OCH3 is 1. The highest BCUT2D eigenvalue weighted by Gasteiger charge is 2.12. The lowest BCUT2D eigenvalue weighted by Gasteiger charge is -2.24. The van der Waals surface area contributed by atoms with Gasteiger partial charge in [0.25, 0.3) is 0 Å². The van der Waals surface area contributed by atoms with Gasteiger partial charge >= 0.3 is 0 Å². The van der Waals surface area contributed by atoms with Crippen LogP contribution < -0.4 is 5.32 Å². The zero-order valence-electron chi connectivity index (χ0n) is 12.4. The molecule has 1 aliphatic heterocycles. The normalized spacial score (nSPS) is 13.9. The molecule has 0 saturated carbocycles. The SMILES string of the molecule is COCCN(Cc1ccc2c(c1)NCC2)CC(C)C. The van der Waals surface area contributed by atoms with E-state index in [1.807, 2.05) is 0 Å². The van der Waals surface area contributed by atoms with Gasteiger partial charge in [0, 0.05) is 39.0 Å². The first-order valence-corrected chi connectivity index (χ1v) is 7.26. The molecule has 0 amide bonds. The maximum absolute atomic E-state index is 5.21. The fourth-order valence-corrected chi connectivity index (χ4v) is 2.67. The highest BCUT2D eigenvalue weighted by Crippen LogP contribution is 2.23. The summed E-state index contributed by atoms with van der Waals surface area (Å²) in [6, 6.07) is 6.85. The van der Waals surface area contributed by atoms with Gasteiger partial charge in [-0.05, 0) is 29.5 Å². The van der Waals surface area contributed by atoms with Gasteiger partial charge < -0.3 is 10.1 Å². The Labute approximate surface area is 116 Å². The number of ether oxygens (including phenoxy) is 1. The van der Waals surface area contributed by atoms with Crippen LogP contribution in [0, 0.1) is 5.92 Å². The summed E-state index contributed by atoms with van der Waals surface area (Å²) in [7, 11) is 1.77. The van der Waals surface area contributed by atoms with Crippen molar-refractivity contribution in [1.29, 1.82) is 0 Å². The fourth-order valence-electron chi connectivity index (χ4n) is 2.67. The lowest BCUT2D eigenvalue weighted by Crippen LogP contribution is -2.30. The smallest absolute Gasteiger partial charge is 0.0589 e. The molecule has 1 aromatic rings. The summed E-state index contributed by atoms with van der Waals surface area (Å²) in [6.45, 7) is 9.55. The van der Waals surface area contributed by atoms with Crippen molar-refractivity contribution in [2.75, 3.05) is 38.7 Å².